The number of aliphatic hydroxyl groups excluding tert-OH is 7. The van der Waals surface area contributed by atoms with E-state index in [4.69, 9.17) is 19.3 Å². The normalized spacial score (nSPS) is 36.1. The van der Waals surface area contributed by atoms with Gasteiger partial charge in [-0.3, -0.25) is 0 Å². The Morgan fingerprint density at radius 2 is 1.75 bits per heavy atom. The van der Waals surface area contributed by atoms with Crippen LogP contribution in [0, 0.1) is 0 Å². The van der Waals surface area contributed by atoms with Gasteiger partial charge in [0, 0.05) is 5.75 Å². The number of hydrogen-bond acceptors (Lipinski definition) is 11. The van der Waals surface area contributed by atoms with Crippen LogP contribution >= 0.6 is 12.6 Å². The zero-order chi connectivity index (χ0) is 18.4. The van der Waals surface area contributed by atoms with Crippen molar-refractivity contribution in [3.8, 4) is 0 Å². The standard InChI is InChI=1S/C13H26O10S/c1-5(16)8(4-24)22-13(6(17)2-14)23-11-7(3-15)21-12(20)10(19)9(11)18/h5-20,24H,2-4H2,1H3/t5-,6-,7?,8?,9?,10-,11+,12?,13-/m0/s1. The third-order valence-corrected chi connectivity index (χ3v) is 4.02. The molecule has 0 spiro atoms. The first-order valence-corrected chi connectivity index (χ1v) is 8.09. The van der Waals surface area contributed by atoms with Crippen LogP contribution in [0.25, 0.3) is 0 Å². The van der Waals surface area contributed by atoms with Gasteiger partial charge in [-0.15, -0.1) is 0 Å². The summed E-state index contributed by atoms with van der Waals surface area (Å²) < 4.78 is 15.7. The number of thiol groups is 1. The molecule has 4 unspecified atom stereocenters. The molecule has 0 aromatic heterocycles. The smallest absolute Gasteiger partial charge is 0.186 e. The Labute approximate surface area is 144 Å². The van der Waals surface area contributed by atoms with E-state index in [-0.39, 0.29) is 5.75 Å². The first-order valence-electron chi connectivity index (χ1n) is 7.46. The predicted octanol–water partition coefficient (Wildman–Crippen LogP) is -3.82. The van der Waals surface area contributed by atoms with Crippen molar-refractivity contribution in [1.29, 1.82) is 0 Å². The van der Waals surface area contributed by atoms with Crippen molar-refractivity contribution >= 4 is 12.6 Å². The van der Waals surface area contributed by atoms with Crippen LogP contribution in [0.1, 0.15) is 6.92 Å². The van der Waals surface area contributed by atoms with Crippen LogP contribution in [-0.4, -0.2) is 110 Å². The van der Waals surface area contributed by atoms with E-state index in [0.717, 1.165) is 0 Å². The van der Waals surface area contributed by atoms with Crippen molar-refractivity contribution < 1.29 is 50.0 Å². The highest BCUT2D eigenvalue weighted by molar-refractivity contribution is 7.80. The molecule has 10 nitrogen and oxygen atoms in total. The van der Waals surface area contributed by atoms with E-state index in [1.165, 1.54) is 6.92 Å². The maximum atomic E-state index is 10.0. The average Bonchev–Trinajstić information content (AvgIpc) is 2.56. The SMILES string of the molecule is C[C@H](O)C(CS)O[C@@H](O[C@@H]1C(CO)OC(O)[C@@H](O)C1O)[C@@H](O)CO. The zero-order valence-corrected chi connectivity index (χ0v) is 14.0. The van der Waals surface area contributed by atoms with Crippen LogP contribution in [0.15, 0.2) is 0 Å². The molecule has 1 rings (SSSR count). The lowest BCUT2D eigenvalue weighted by atomic mass is 9.99. The molecule has 1 saturated heterocycles. The Balaban J connectivity index is 2.90. The summed E-state index contributed by atoms with van der Waals surface area (Å²) in [7, 11) is 0. The highest BCUT2D eigenvalue weighted by Crippen LogP contribution is 2.25. The summed E-state index contributed by atoms with van der Waals surface area (Å²) in [6.45, 7) is 0.0285. The molecule has 7 N–H and O–H groups in total. The third kappa shape index (κ3) is 5.47. The molecular weight excluding hydrogens is 348 g/mol. The molecular formula is C13H26O10S. The van der Waals surface area contributed by atoms with E-state index in [0.29, 0.717) is 0 Å². The number of aliphatic hydroxyl groups is 7. The lowest BCUT2D eigenvalue weighted by molar-refractivity contribution is -0.332. The Bertz CT molecular complexity index is 358. The van der Waals surface area contributed by atoms with E-state index < -0.39 is 68.5 Å². The summed E-state index contributed by atoms with van der Waals surface area (Å²) in [5.41, 5.74) is 0. The number of hydrogen-bond donors (Lipinski definition) is 8. The molecule has 9 atom stereocenters. The maximum Gasteiger partial charge on any atom is 0.186 e. The predicted molar refractivity (Wildman–Crippen MR) is 82.1 cm³/mol. The van der Waals surface area contributed by atoms with Gasteiger partial charge in [-0.1, -0.05) is 0 Å². The molecule has 11 heteroatoms. The highest BCUT2D eigenvalue weighted by atomic mass is 32.1. The van der Waals surface area contributed by atoms with Gasteiger partial charge in [0.25, 0.3) is 0 Å². The molecule has 0 amide bonds. The third-order valence-electron chi connectivity index (χ3n) is 3.66. The van der Waals surface area contributed by atoms with E-state index in [1.54, 1.807) is 0 Å². The molecule has 0 aliphatic carbocycles. The van der Waals surface area contributed by atoms with E-state index >= 15 is 0 Å². The zero-order valence-electron chi connectivity index (χ0n) is 13.1. The Morgan fingerprint density at radius 3 is 2.21 bits per heavy atom. The van der Waals surface area contributed by atoms with Crippen molar-refractivity contribution in [3.05, 3.63) is 0 Å². The molecule has 24 heavy (non-hydrogen) atoms. The summed E-state index contributed by atoms with van der Waals surface area (Å²) in [4.78, 5) is 0. The fourth-order valence-electron chi connectivity index (χ4n) is 2.17. The molecule has 0 saturated carbocycles. The van der Waals surface area contributed by atoms with Crippen LogP contribution in [0.5, 0.6) is 0 Å². The van der Waals surface area contributed by atoms with Crippen LogP contribution in [-0.2, 0) is 14.2 Å². The van der Waals surface area contributed by atoms with Crippen LogP contribution < -0.4 is 0 Å². The van der Waals surface area contributed by atoms with Gasteiger partial charge >= 0.3 is 0 Å². The van der Waals surface area contributed by atoms with Crippen LogP contribution in [0.3, 0.4) is 0 Å². The molecule has 0 bridgehead atoms. The summed E-state index contributed by atoms with van der Waals surface area (Å²) in [6, 6.07) is 0. The molecule has 0 radical (unpaired) electrons. The second-order valence-electron chi connectivity index (χ2n) is 5.55. The largest absolute Gasteiger partial charge is 0.394 e. The van der Waals surface area contributed by atoms with Crippen LogP contribution in [0.4, 0.5) is 0 Å². The van der Waals surface area contributed by atoms with Gasteiger partial charge in [-0.2, -0.15) is 12.6 Å². The van der Waals surface area contributed by atoms with Gasteiger partial charge in [-0.25, -0.2) is 0 Å². The molecule has 1 aliphatic rings. The molecule has 0 aromatic rings. The monoisotopic (exact) mass is 374 g/mol. The fraction of sp³-hybridized carbons (Fsp3) is 1.00. The van der Waals surface area contributed by atoms with Gasteiger partial charge < -0.3 is 50.0 Å². The number of ether oxygens (including phenoxy) is 3. The Morgan fingerprint density at radius 1 is 1.12 bits per heavy atom. The van der Waals surface area contributed by atoms with Gasteiger partial charge in [0.05, 0.1) is 25.4 Å². The molecule has 1 heterocycles. The molecule has 144 valence electrons. The van der Waals surface area contributed by atoms with Crippen molar-refractivity contribution in [1.82, 2.24) is 0 Å². The molecule has 0 aromatic carbocycles. The minimum atomic E-state index is -1.72. The second-order valence-corrected chi connectivity index (χ2v) is 5.91. The minimum Gasteiger partial charge on any atom is -0.394 e. The van der Waals surface area contributed by atoms with Gasteiger partial charge in [0.15, 0.2) is 12.6 Å². The van der Waals surface area contributed by atoms with Crippen LogP contribution in [0.2, 0.25) is 0 Å². The highest BCUT2D eigenvalue weighted by Gasteiger charge is 2.46. The lowest BCUT2D eigenvalue weighted by Crippen LogP contribution is -2.61. The number of rotatable bonds is 9. The van der Waals surface area contributed by atoms with Gasteiger partial charge in [-0.05, 0) is 6.92 Å². The van der Waals surface area contributed by atoms with E-state index in [9.17, 15) is 30.6 Å². The van der Waals surface area contributed by atoms with Gasteiger partial charge in [0.2, 0.25) is 0 Å². The summed E-state index contributed by atoms with van der Waals surface area (Å²) >= 11 is 4.00. The maximum absolute atomic E-state index is 10.0. The minimum absolute atomic E-state index is 0.0736. The molecule has 1 aliphatic heterocycles. The lowest BCUT2D eigenvalue weighted by Gasteiger charge is -2.42. The fourth-order valence-corrected chi connectivity index (χ4v) is 2.56. The summed E-state index contributed by atoms with van der Waals surface area (Å²) in [6.07, 6.45) is -12.5. The van der Waals surface area contributed by atoms with E-state index in [1.807, 2.05) is 0 Å². The van der Waals surface area contributed by atoms with Crippen molar-refractivity contribution in [2.45, 2.75) is 62.2 Å². The van der Waals surface area contributed by atoms with Gasteiger partial charge in [0.1, 0.15) is 30.5 Å². The van der Waals surface area contributed by atoms with E-state index in [2.05, 4.69) is 12.6 Å². The first kappa shape index (κ1) is 22.0. The van der Waals surface area contributed by atoms with Crippen molar-refractivity contribution in [2.24, 2.45) is 0 Å². The quantitative estimate of drug-likeness (QED) is 0.148. The second kappa shape index (κ2) is 10.2. The topological polar surface area (TPSA) is 169 Å². The van der Waals surface area contributed by atoms with Crippen molar-refractivity contribution in [3.63, 3.8) is 0 Å². The Hall–Kier alpha value is -0.0500. The average molecular weight is 374 g/mol. The first-order chi connectivity index (χ1) is 11.3. The summed E-state index contributed by atoms with van der Waals surface area (Å²) in [5, 5.41) is 67.0. The Kier molecular flexibility index (Phi) is 9.33. The van der Waals surface area contributed by atoms with Crippen molar-refractivity contribution in [2.75, 3.05) is 19.0 Å². The summed E-state index contributed by atoms with van der Waals surface area (Å²) in [5.74, 6) is 0.0736. The molecule has 1 fully saturated rings.